The van der Waals surface area contributed by atoms with Gasteiger partial charge in [0.25, 0.3) is 0 Å². The van der Waals surface area contributed by atoms with E-state index in [4.69, 9.17) is 0 Å². The topological polar surface area (TPSA) is 24.4 Å². The van der Waals surface area contributed by atoms with E-state index in [1.165, 1.54) is 7.05 Å². The van der Waals surface area contributed by atoms with Crippen LogP contribution in [-0.2, 0) is 0 Å². The average Bonchev–Trinajstić information content (AvgIpc) is 2.01. The first-order valence-corrected chi connectivity index (χ1v) is 3.50. The van der Waals surface area contributed by atoms with Crippen molar-refractivity contribution in [1.29, 1.82) is 0 Å². The van der Waals surface area contributed by atoms with Crippen LogP contribution in [0.2, 0.25) is 0 Å². The number of allylic oxidation sites excluding steroid dienone is 2. The Kier molecular flexibility index (Phi) is 5.10. The van der Waals surface area contributed by atoms with Crippen molar-refractivity contribution in [2.75, 3.05) is 20.3 Å². The molecule has 0 aliphatic rings. The predicted molar refractivity (Wildman–Crippen MR) is 42.5 cm³/mol. The van der Waals surface area contributed by atoms with Gasteiger partial charge in [-0.2, -0.15) is 13.2 Å². The summed E-state index contributed by atoms with van der Waals surface area (Å²) in [5.41, 5.74) is 0.228. The third-order valence-corrected chi connectivity index (χ3v) is 1.09. The maximum atomic E-state index is 11.7. The van der Waals surface area contributed by atoms with Gasteiger partial charge in [-0.3, -0.25) is 4.99 Å². The molecule has 6 heteroatoms. The molecule has 0 saturated heterocycles. The second-order valence-corrected chi connectivity index (χ2v) is 2.15. The van der Waals surface area contributed by atoms with E-state index in [-0.39, 0.29) is 5.70 Å². The number of aliphatic imine (C=N–C) groups is 1. The van der Waals surface area contributed by atoms with Crippen LogP contribution < -0.4 is 5.32 Å². The molecule has 0 aliphatic carbocycles. The molecule has 0 spiro atoms. The minimum absolute atomic E-state index is 0.228. The molecule has 2 nitrogen and oxygen atoms in total. The van der Waals surface area contributed by atoms with E-state index in [0.717, 1.165) is 12.3 Å². The lowest BCUT2D eigenvalue weighted by Gasteiger charge is -2.01. The number of hydrogen-bond donors (Lipinski definition) is 1. The molecular weight excluding hydrogens is 188 g/mol. The second kappa shape index (κ2) is 5.55. The first-order valence-electron chi connectivity index (χ1n) is 3.50. The molecule has 0 amide bonds. The summed E-state index contributed by atoms with van der Waals surface area (Å²) in [5.74, 6) is 0. The van der Waals surface area contributed by atoms with Gasteiger partial charge < -0.3 is 5.32 Å². The van der Waals surface area contributed by atoms with Crippen LogP contribution in [0.5, 0.6) is 0 Å². The summed E-state index contributed by atoms with van der Waals surface area (Å²) in [4.78, 5) is 3.08. The van der Waals surface area contributed by atoms with Crippen molar-refractivity contribution in [3.63, 3.8) is 0 Å². The minimum Gasteiger partial charge on any atom is -0.387 e. The third-order valence-electron chi connectivity index (χ3n) is 1.09. The molecule has 0 unspecified atom stereocenters. The van der Waals surface area contributed by atoms with E-state index in [1.807, 2.05) is 0 Å². The summed E-state index contributed by atoms with van der Waals surface area (Å²) in [5, 5.41) is 2.49. The van der Waals surface area contributed by atoms with Gasteiger partial charge in [0.2, 0.25) is 0 Å². The molecule has 1 N–H and O–H groups in total. The molecule has 76 valence electrons. The Bertz CT molecular complexity index is 195. The lowest BCUT2D eigenvalue weighted by atomic mass is 10.4. The van der Waals surface area contributed by atoms with Crippen molar-refractivity contribution in [2.24, 2.45) is 4.99 Å². The molecule has 13 heavy (non-hydrogen) atoms. The third kappa shape index (κ3) is 7.30. The van der Waals surface area contributed by atoms with Crippen LogP contribution >= 0.6 is 0 Å². The van der Waals surface area contributed by atoms with Gasteiger partial charge in [-0.25, -0.2) is 4.39 Å². The highest BCUT2D eigenvalue weighted by atomic mass is 19.4. The zero-order valence-electron chi connectivity index (χ0n) is 7.03. The van der Waals surface area contributed by atoms with Crippen LogP contribution in [-0.4, -0.2) is 32.7 Å². The first kappa shape index (κ1) is 11.9. The standard InChI is InChI=1S/C7H10F4N2/c1-12-6(2-3-8)4-13-5-7(9,10)11/h2,4,12H,3,5H2,1H3/b6-2+,13-4-. The molecule has 0 radical (unpaired) electrons. The van der Waals surface area contributed by atoms with Crippen LogP contribution in [0.1, 0.15) is 0 Å². The van der Waals surface area contributed by atoms with Gasteiger partial charge in [0.15, 0.2) is 0 Å². The van der Waals surface area contributed by atoms with Gasteiger partial charge in [0.1, 0.15) is 13.2 Å². The van der Waals surface area contributed by atoms with Crippen LogP contribution in [0.3, 0.4) is 0 Å². The van der Waals surface area contributed by atoms with Crippen molar-refractivity contribution in [3.05, 3.63) is 11.8 Å². The van der Waals surface area contributed by atoms with Crippen LogP contribution in [0.4, 0.5) is 17.6 Å². The maximum absolute atomic E-state index is 11.7. The summed E-state index contributed by atoms with van der Waals surface area (Å²) >= 11 is 0. The smallest absolute Gasteiger partial charge is 0.387 e. The Morgan fingerprint density at radius 3 is 2.46 bits per heavy atom. The molecule has 0 atom stereocenters. The van der Waals surface area contributed by atoms with Gasteiger partial charge >= 0.3 is 6.18 Å². The van der Waals surface area contributed by atoms with Gasteiger partial charge in [0.05, 0.1) is 5.70 Å². The van der Waals surface area contributed by atoms with Gasteiger partial charge in [0, 0.05) is 13.3 Å². The molecule has 0 rings (SSSR count). The molecule has 0 aliphatic heterocycles. The molecule has 0 heterocycles. The minimum atomic E-state index is -4.31. The van der Waals surface area contributed by atoms with E-state index in [1.54, 1.807) is 0 Å². The fourth-order valence-electron chi connectivity index (χ4n) is 0.550. The van der Waals surface area contributed by atoms with Crippen LogP contribution in [0.25, 0.3) is 0 Å². The number of hydrogen-bond acceptors (Lipinski definition) is 2. The number of alkyl halides is 4. The second-order valence-electron chi connectivity index (χ2n) is 2.15. The average molecular weight is 198 g/mol. The van der Waals surface area contributed by atoms with Gasteiger partial charge in [-0.15, -0.1) is 0 Å². The number of nitrogens with one attached hydrogen (secondary N) is 1. The monoisotopic (exact) mass is 198 g/mol. The normalized spacial score (nSPS) is 13.8. The molecule has 0 aromatic carbocycles. The quantitative estimate of drug-likeness (QED) is 0.539. The van der Waals surface area contributed by atoms with E-state index in [0.29, 0.717) is 0 Å². The van der Waals surface area contributed by atoms with E-state index in [9.17, 15) is 17.6 Å². The Morgan fingerprint density at radius 2 is 2.08 bits per heavy atom. The number of halogens is 4. The van der Waals surface area contributed by atoms with Crippen molar-refractivity contribution < 1.29 is 17.6 Å². The highest BCUT2D eigenvalue weighted by molar-refractivity contribution is 5.77. The van der Waals surface area contributed by atoms with E-state index >= 15 is 0 Å². The zero-order chi connectivity index (χ0) is 10.3. The molecule has 0 saturated carbocycles. The summed E-state index contributed by atoms with van der Waals surface area (Å²) in [6.07, 6.45) is -2.27. The summed E-state index contributed by atoms with van der Waals surface area (Å²) in [6.45, 7) is -1.99. The highest BCUT2D eigenvalue weighted by Crippen LogP contribution is 2.13. The van der Waals surface area contributed by atoms with Crippen LogP contribution in [0, 0.1) is 0 Å². The number of rotatable bonds is 4. The largest absolute Gasteiger partial charge is 0.407 e. The summed E-state index contributed by atoms with van der Waals surface area (Å²) in [7, 11) is 1.47. The lowest BCUT2D eigenvalue weighted by molar-refractivity contribution is -0.118. The number of nitrogens with zero attached hydrogens (tertiary/aromatic N) is 1. The van der Waals surface area contributed by atoms with Crippen molar-refractivity contribution in [2.45, 2.75) is 6.18 Å². The van der Waals surface area contributed by atoms with Crippen molar-refractivity contribution in [3.8, 4) is 0 Å². The zero-order valence-corrected chi connectivity index (χ0v) is 7.03. The Labute approximate surface area is 73.3 Å². The lowest BCUT2D eigenvalue weighted by Crippen LogP contribution is -2.13. The maximum Gasteiger partial charge on any atom is 0.407 e. The fourth-order valence-corrected chi connectivity index (χ4v) is 0.550. The van der Waals surface area contributed by atoms with Crippen molar-refractivity contribution >= 4 is 6.21 Å². The van der Waals surface area contributed by atoms with E-state index in [2.05, 4.69) is 10.3 Å². The Morgan fingerprint density at radius 1 is 1.46 bits per heavy atom. The first-order chi connectivity index (χ1) is 5.99. The predicted octanol–water partition coefficient (Wildman–Crippen LogP) is 1.69. The van der Waals surface area contributed by atoms with E-state index < -0.39 is 19.4 Å². The van der Waals surface area contributed by atoms with Crippen molar-refractivity contribution in [1.82, 2.24) is 5.32 Å². The molecule has 0 aromatic rings. The SMILES string of the molecule is CNC(/C=N\CC(F)(F)F)=C/CF. The Balaban J connectivity index is 4.02. The van der Waals surface area contributed by atoms with Gasteiger partial charge in [-0.1, -0.05) is 0 Å². The molecule has 0 aromatic heterocycles. The summed E-state index contributed by atoms with van der Waals surface area (Å²) in [6, 6.07) is 0. The molecule has 0 bridgehead atoms. The highest BCUT2D eigenvalue weighted by Gasteiger charge is 2.25. The van der Waals surface area contributed by atoms with Crippen LogP contribution in [0.15, 0.2) is 16.8 Å². The molecule has 0 fully saturated rings. The summed E-state index contributed by atoms with van der Waals surface area (Å²) < 4.78 is 46.4. The molecular formula is C7H10F4N2. The fraction of sp³-hybridized carbons (Fsp3) is 0.571. The van der Waals surface area contributed by atoms with Gasteiger partial charge in [-0.05, 0) is 6.08 Å². The Hall–Kier alpha value is -1.07.